The molecule has 0 saturated carbocycles. The van der Waals surface area contributed by atoms with Crippen LogP contribution in [-0.2, 0) is 4.79 Å². The van der Waals surface area contributed by atoms with Crippen molar-refractivity contribution in [1.82, 2.24) is 0 Å². The lowest BCUT2D eigenvalue weighted by atomic mass is 9.99. The Morgan fingerprint density at radius 2 is 2.12 bits per heavy atom. The molecule has 0 unspecified atom stereocenters. The normalized spacial score (nSPS) is 16.1. The van der Waals surface area contributed by atoms with Gasteiger partial charge in [-0.15, -0.1) is 0 Å². The first-order chi connectivity index (χ1) is 8.00. The maximum atomic E-state index is 11.8. The summed E-state index contributed by atoms with van der Waals surface area (Å²) >= 11 is 1.29. The largest absolute Gasteiger partial charge is 0.278 e. The van der Waals surface area contributed by atoms with E-state index >= 15 is 0 Å². The standard InChI is InChI=1S/C13H16N2OS/c1-8(2)10-5-4-9(3)6-11(10)15-12(16)7-17-13(15)14/h4-6,8,14H,7H2,1-3H3. The molecule has 1 aromatic rings. The van der Waals surface area contributed by atoms with Crippen LogP contribution in [0, 0.1) is 12.3 Å². The molecule has 0 bridgehead atoms. The Balaban J connectivity index is 2.53. The van der Waals surface area contributed by atoms with Crippen molar-refractivity contribution in [3.63, 3.8) is 0 Å². The van der Waals surface area contributed by atoms with Gasteiger partial charge in [0.2, 0.25) is 5.91 Å². The molecule has 0 radical (unpaired) electrons. The topological polar surface area (TPSA) is 44.2 Å². The molecule has 1 fully saturated rings. The average Bonchev–Trinajstić information content (AvgIpc) is 2.58. The predicted octanol–water partition coefficient (Wildman–Crippen LogP) is 3.13. The number of thioether (sulfide) groups is 1. The van der Waals surface area contributed by atoms with Crippen molar-refractivity contribution < 1.29 is 4.79 Å². The van der Waals surface area contributed by atoms with E-state index in [0.717, 1.165) is 16.8 Å². The number of hydrogen-bond acceptors (Lipinski definition) is 3. The van der Waals surface area contributed by atoms with Crippen LogP contribution in [0.4, 0.5) is 5.69 Å². The zero-order valence-electron chi connectivity index (χ0n) is 10.3. The zero-order chi connectivity index (χ0) is 12.6. The van der Waals surface area contributed by atoms with Crippen molar-refractivity contribution in [2.75, 3.05) is 10.7 Å². The number of aryl methyl sites for hydroxylation is 1. The molecular weight excluding hydrogens is 232 g/mol. The third-order valence-corrected chi connectivity index (χ3v) is 3.68. The van der Waals surface area contributed by atoms with Gasteiger partial charge in [0, 0.05) is 0 Å². The van der Waals surface area contributed by atoms with E-state index in [-0.39, 0.29) is 5.91 Å². The van der Waals surface area contributed by atoms with Gasteiger partial charge in [0.05, 0.1) is 11.4 Å². The van der Waals surface area contributed by atoms with Crippen LogP contribution in [0.15, 0.2) is 18.2 Å². The highest BCUT2D eigenvalue weighted by atomic mass is 32.2. The molecule has 4 heteroatoms. The molecule has 1 saturated heterocycles. The van der Waals surface area contributed by atoms with Gasteiger partial charge in [0.25, 0.3) is 0 Å². The molecular formula is C13H16N2OS. The van der Waals surface area contributed by atoms with Crippen molar-refractivity contribution in [3.8, 4) is 0 Å². The smallest absolute Gasteiger partial charge is 0.243 e. The third-order valence-electron chi connectivity index (χ3n) is 2.83. The molecule has 1 aromatic carbocycles. The van der Waals surface area contributed by atoms with Gasteiger partial charge >= 0.3 is 0 Å². The molecule has 1 aliphatic rings. The van der Waals surface area contributed by atoms with E-state index in [2.05, 4.69) is 26.0 Å². The summed E-state index contributed by atoms with van der Waals surface area (Å²) < 4.78 is 0. The van der Waals surface area contributed by atoms with Crippen LogP contribution in [-0.4, -0.2) is 16.8 Å². The fourth-order valence-electron chi connectivity index (χ4n) is 1.95. The van der Waals surface area contributed by atoms with Crippen molar-refractivity contribution in [1.29, 1.82) is 5.41 Å². The Hall–Kier alpha value is -1.29. The van der Waals surface area contributed by atoms with Crippen LogP contribution in [0.3, 0.4) is 0 Å². The first-order valence-corrected chi connectivity index (χ1v) is 6.64. The first kappa shape index (κ1) is 12.2. The van der Waals surface area contributed by atoms with Gasteiger partial charge in [-0.1, -0.05) is 37.7 Å². The number of rotatable bonds is 2. The lowest BCUT2D eigenvalue weighted by molar-refractivity contribution is -0.115. The summed E-state index contributed by atoms with van der Waals surface area (Å²) in [6, 6.07) is 6.10. The van der Waals surface area contributed by atoms with Crippen molar-refractivity contribution in [3.05, 3.63) is 29.3 Å². The van der Waals surface area contributed by atoms with Crippen LogP contribution < -0.4 is 4.90 Å². The monoisotopic (exact) mass is 248 g/mol. The highest BCUT2D eigenvalue weighted by Crippen LogP contribution is 2.33. The minimum absolute atomic E-state index is 0.00694. The summed E-state index contributed by atoms with van der Waals surface area (Å²) in [5, 5.41) is 8.19. The minimum atomic E-state index is 0.00694. The summed E-state index contributed by atoms with van der Waals surface area (Å²) in [6.45, 7) is 6.21. The minimum Gasteiger partial charge on any atom is -0.278 e. The van der Waals surface area contributed by atoms with Gasteiger partial charge in [-0.25, -0.2) is 0 Å². The number of hydrogen-bond donors (Lipinski definition) is 1. The Morgan fingerprint density at radius 3 is 2.65 bits per heavy atom. The molecule has 1 heterocycles. The highest BCUT2D eigenvalue weighted by molar-refractivity contribution is 8.15. The van der Waals surface area contributed by atoms with E-state index in [1.54, 1.807) is 0 Å². The lowest BCUT2D eigenvalue weighted by Gasteiger charge is -2.21. The maximum absolute atomic E-state index is 11.8. The molecule has 0 aliphatic carbocycles. The van der Waals surface area contributed by atoms with Crippen LogP contribution in [0.5, 0.6) is 0 Å². The quantitative estimate of drug-likeness (QED) is 0.873. The lowest BCUT2D eigenvalue weighted by Crippen LogP contribution is -2.29. The maximum Gasteiger partial charge on any atom is 0.243 e. The fourth-order valence-corrected chi connectivity index (χ4v) is 2.67. The Labute approximate surface area is 106 Å². The predicted molar refractivity (Wildman–Crippen MR) is 72.9 cm³/mol. The fraction of sp³-hybridized carbons (Fsp3) is 0.385. The van der Waals surface area contributed by atoms with Crippen LogP contribution >= 0.6 is 11.8 Å². The highest BCUT2D eigenvalue weighted by Gasteiger charge is 2.30. The summed E-state index contributed by atoms with van der Waals surface area (Å²) in [5.41, 5.74) is 3.11. The van der Waals surface area contributed by atoms with Gasteiger partial charge in [0.1, 0.15) is 0 Å². The third kappa shape index (κ3) is 2.22. The van der Waals surface area contributed by atoms with Gasteiger partial charge in [-0.05, 0) is 30.0 Å². The molecule has 17 heavy (non-hydrogen) atoms. The van der Waals surface area contributed by atoms with Gasteiger partial charge in [-0.3, -0.25) is 15.1 Å². The molecule has 0 atom stereocenters. The number of nitrogens with zero attached hydrogens (tertiary/aromatic N) is 1. The second kappa shape index (κ2) is 4.53. The molecule has 90 valence electrons. The molecule has 0 aromatic heterocycles. The van der Waals surface area contributed by atoms with Crippen molar-refractivity contribution in [2.45, 2.75) is 26.7 Å². The van der Waals surface area contributed by atoms with Crippen LogP contribution in [0.25, 0.3) is 0 Å². The SMILES string of the molecule is Cc1ccc(C(C)C)c(N2C(=N)SCC2=O)c1. The van der Waals surface area contributed by atoms with E-state index in [1.165, 1.54) is 16.7 Å². The van der Waals surface area contributed by atoms with Gasteiger partial charge in [-0.2, -0.15) is 0 Å². The van der Waals surface area contributed by atoms with Gasteiger partial charge in [0.15, 0.2) is 5.17 Å². The van der Waals surface area contributed by atoms with Crippen LogP contribution in [0.2, 0.25) is 0 Å². The number of nitrogens with one attached hydrogen (secondary N) is 1. The molecule has 1 N–H and O–H groups in total. The van der Waals surface area contributed by atoms with E-state index in [1.807, 2.05) is 13.0 Å². The Bertz CT molecular complexity index is 466. The summed E-state index contributed by atoms with van der Waals surface area (Å²) in [4.78, 5) is 13.4. The summed E-state index contributed by atoms with van der Waals surface area (Å²) in [5.74, 6) is 0.730. The Kier molecular flexibility index (Phi) is 3.24. The summed E-state index contributed by atoms with van der Waals surface area (Å²) in [7, 11) is 0. The molecule has 0 spiro atoms. The molecule has 3 nitrogen and oxygen atoms in total. The average molecular weight is 248 g/mol. The van der Waals surface area contributed by atoms with E-state index in [9.17, 15) is 4.79 Å². The van der Waals surface area contributed by atoms with Crippen molar-refractivity contribution >= 4 is 28.5 Å². The second-order valence-corrected chi connectivity index (χ2v) is 5.50. The number of benzene rings is 1. The number of carbonyl (C=O) groups excluding carboxylic acids is 1. The molecule has 2 rings (SSSR count). The van der Waals surface area contributed by atoms with Crippen LogP contribution in [0.1, 0.15) is 30.9 Å². The van der Waals surface area contributed by atoms with E-state index in [4.69, 9.17) is 5.41 Å². The number of carbonyl (C=O) groups is 1. The number of anilines is 1. The Morgan fingerprint density at radius 1 is 1.41 bits per heavy atom. The van der Waals surface area contributed by atoms with Crippen molar-refractivity contribution in [2.24, 2.45) is 0 Å². The first-order valence-electron chi connectivity index (χ1n) is 5.65. The van der Waals surface area contributed by atoms with Gasteiger partial charge < -0.3 is 0 Å². The zero-order valence-corrected chi connectivity index (χ0v) is 11.1. The second-order valence-electron chi connectivity index (χ2n) is 4.54. The molecule has 1 amide bonds. The molecule has 1 aliphatic heterocycles. The van der Waals surface area contributed by atoms with E-state index < -0.39 is 0 Å². The summed E-state index contributed by atoms with van der Waals surface area (Å²) in [6.07, 6.45) is 0. The van der Waals surface area contributed by atoms with E-state index in [0.29, 0.717) is 16.8 Å². The number of amidine groups is 1. The number of amides is 1.